The van der Waals surface area contributed by atoms with Crippen LogP contribution in [-0.2, 0) is 0 Å². The molecule has 0 unspecified atom stereocenters. The monoisotopic (exact) mass is 277 g/mol. The molecule has 0 atom stereocenters. The van der Waals surface area contributed by atoms with Crippen molar-refractivity contribution in [2.24, 2.45) is 0 Å². The molecule has 0 amide bonds. The van der Waals surface area contributed by atoms with Gasteiger partial charge in [0.1, 0.15) is 0 Å². The van der Waals surface area contributed by atoms with E-state index in [4.69, 9.17) is 11.6 Å². The molecule has 0 spiro atoms. The van der Waals surface area contributed by atoms with Crippen LogP contribution >= 0.6 is 11.6 Å². The van der Waals surface area contributed by atoms with Gasteiger partial charge < -0.3 is 10.6 Å². The van der Waals surface area contributed by atoms with Gasteiger partial charge in [-0.3, -0.25) is 0 Å². The molecule has 0 radical (unpaired) electrons. The minimum atomic E-state index is 0.166. The van der Waals surface area contributed by atoms with Crippen molar-refractivity contribution in [1.82, 2.24) is 15.0 Å². The first-order valence-electron chi connectivity index (χ1n) is 6.09. The highest BCUT2D eigenvalue weighted by atomic mass is 35.5. The molecule has 1 heterocycles. The molecule has 0 bridgehead atoms. The van der Waals surface area contributed by atoms with Crippen LogP contribution in [0.3, 0.4) is 0 Å². The van der Waals surface area contributed by atoms with E-state index in [1.807, 2.05) is 26.0 Å². The molecule has 0 saturated carbocycles. The van der Waals surface area contributed by atoms with Crippen LogP contribution in [0.5, 0.6) is 0 Å². The molecule has 5 nitrogen and oxygen atoms in total. The summed E-state index contributed by atoms with van der Waals surface area (Å²) >= 11 is 5.88. The van der Waals surface area contributed by atoms with E-state index in [0.29, 0.717) is 11.9 Å². The number of halogens is 1. The van der Waals surface area contributed by atoms with Gasteiger partial charge in [0.2, 0.25) is 17.2 Å². The number of aromatic nitrogens is 3. The summed E-state index contributed by atoms with van der Waals surface area (Å²) in [5, 5.41) is 6.35. The summed E-state index contributed by atoms with van der Waals surface area (Å²) in [6, 6.07) is 6.02. The molecular formula is C13H16ClN5. The summed E-state index contributed by atoms with van der Waals surface area (Å²) in [5.41, 5.74) is 3.32. The van der Waals surface area contributed by atoms with Crippen LogP contribution in [0.4, 0.5) is 17.6 Å². The first kappa shape index (κ1) is 13.5. The van der Waals surface area contributed by atoms with Crippen LogP contribution < -0.4 is 10.6 Å². The van der Waals surface area contributed by atoms with Gasteiger partial charge in [-0.05, 0) is 49.6 Å². The summed E-state index contributed by atoms with van der Waals surface area (Å²) in [7, 11) is 0. The van der Waals surface area contributed by atoms with Crippen molar-refractivity contribution < 1.29 is 0 Å². The molecule has 1 aromatic carbocycles. The third-order valence-corrected chi connectivity index (χ3v) is 2.96. The predicted octanol–water partition coefficient (Wildman–Crippen LogP) is 3.32. The van der Waals surface area contributed by atoms with Crippen LogP contribution in [0.15, 0.2) is 18.2 Å². The number of rotatable bonds is 4. The normalized spacial score (nSPS) is 10.3. The minimum absolute atomic E-state index is 0.166. The van der Waals surface area contributed by atoms with Gasteiger partial charge in [-0.2, -0.15) is 15.0 Å². The maximum Gasteiger partial charge on any atom is 0.233 e. The Balaban J connectivity index is 2.30. The van der Waals surface area contributed by atoms with Gasteiger partial charge in [0, 0.05) is 12.2 Å². The van der Waals surface area contributed by atoms with Gasteiger partial charge >= 0.3 is 0 Å². The second-order valence-electron chi connectivity index (χ2n) is 4.15. The zero-order valence-corrected chi connectivity index (χ0v) is 11.9. The van der Waals surface area contributed by atoms with E-state index in [-0.39, 0.29) is 5.28 Å². The number of nitrogens with one attached hydrogen (secondary N) is 2. The van der Waals surface area contributed by atoms with Crippen molar-refractivity contribution in [1.29, 1.82) is 0 Å². The molecule has 0 aliphatic heterocycles. The minimum Gasteiger partial charge on any atom is -0.354 e. The largest absolute Gasteiger partial charge is 0.354 e. The van der Waals surface area contributed by atoms with Gasteiger partial charge in [0.25, 0.3) is 0 Å². The third kappa shape index (κ3) is 3.32. The number of benzene rings is 1. The average Bonchev–Trinajstić information content (AvgIpc) is 2.35. The van der Waals surface area contributed by atoms with Crippen molar-refractivity contribution >= 4 is 29.2 Å². The summed E-state index contributed by atoms with van der Waals surface area (Å²) < 4.78 is 0. The van der Waals surface area contributed by atoms with Crippen LogP contribution in [-0.4, -0.2) is 21.5 Å². The fourth-order valence-corrected chi connectivity index (χ4v) is 1.81. The second kappa shape index (κ2) is 5.84. The van der Waals surface area contributed by atoms with E-state index in [0.717, 1.165) is 17.8 Å². The highest BCUT2D eigenvalue weighted by molar-refractivity contribution is 6.28. The Labute approximate surface area is 117 Å². The van der Waals surface area contributed by atoms with E-state index in [9.17, 15) is 0 Å². The molecule has 1 aromatic heterocycles. The number of hydrogen-bond acceptors (Lipinski definition) is 5. The zero-order valence-electron chi connectivity index (χ0n) is 11.2. The smallest absolute Gasteiger partial charge is 0.233 e. The zero-order chi connectivity index (χ0) is 13.8. The second-order valence-corrected chi connectivity index (χ2v) is 4.49. The predicted molar refractivity (Wildman–Crippen MR) is 78.2 cm³/mol. The molecule has 0 fully saturated rings. The topological polar surface area (TPSA) is 62.7 Å². The standard InChI is InChI=1S/C13H16ClN5/c1-4-15-12-17-11(14)18-13(19-12)16-10-7-5-6-8(2)9(10)3/h5-7H,4H2,1-3H3,(H2,15,16,17,18,19). The SMILES string of the molecule is CCNc1nc(Cl)nc(Nc2cccc(C)c2C)n1. The molecule has 100 valence electrons. The van der Waals surface area contributed by atoms with Crippen LogP contribution in [0.1, 0.15) is 18.1 Å². The molecule has 2 N–H and O–H groups in total. The molecular weight excluding hydrogens is 262 g/mol. The van der Waals surface area contributed by atoms with E-state index >= 15 is 0 Å². The van der Waals surface area contributed by atoms with Crippen molar-refractivity contribution in [2.75, 3.05) is 17.2 Å². The summed E-state index contributed by atoms with van der Waals surface area (Å²) in [6.45, 7) is 6.80. The van der Waals surface area contributed by atoms with E-state index in [1.54, 1.807) is 0 Å². The lowest BCUT2D eigenvalue weighted by Crippen LogP contribution is -2.07. The molecule has 2 aromatic rings. The van der Waals surface area contributed by atoms with Crippen molar-refractivity contribution in [3.8, 4) is 0 Å². The van der Waals surface area contributed by atoms with Gasteiger partial charge in [0.15, 0.2) is 0 Å². The molecule has 2 rings (SSSR count). The maximum atomic E-state index is 5.88. The Morgan fingerprint density at radius 3 is 2.58 bits per heavy atom. The Morgan fingerprint density at radius 2 is 1.84 bits per heavy atom. The first-order chi connectivity index (χ1) is 9.10. The van der Waals surface area contributed by atoms with Crippen molar-refractivity contribution in [2.45, 2.75) is 20.8 Å². The first-order valence-corrected chi connectivity index (χ1v) is 6.46. The van der Waals surface area contributed by atoms with E-state index in [2.05, 4.69) is 38.6 Å². The van der Waals surface area contributed by atoms with Crippen molar-refractivity contribution in [3.05, 3.63) is 34.6 Å². The Kier molecular flexibility index (Phi) is 4.16. The van der Waals surface area contributed by atoms with E-state index < -0.39 is 0 Å². The lowest BCUT2D eigenvalue weighted by molar-refractivity contribution is 1.02. The summed E-state index contributed by atoms with van der Waals surface area (Å²) in [5.74, 6) is 0.903. The van der Waals surface area contributed by atoms with Crippen LogP contribution in [0, 0.1) is 13.8 Å². The fourth-order valence-electron chi connectivity index (χ4n) is 1.65. The van der Waals surface area contributed by atoms with Crippen molar-refractivity contribution in [3.63, 3.8) is 0 Å². The highest BCUT2D eigenvalue weighted by Crippen LogP contribution is 2.21. The Hall–Kier alpha value is -1.88. The van der Waals surface area contributed by atoms with Crippen LogP contribution in [0.2, 0.25) is 5.28 Å². The number of nitrogens with zero attached hydrogens (tertiary/aromatic N) is 3. The van der Waals surface area contributed by atoms with E-state index in [1.165, 1.54) is 5.56 Å². The number of anilines is 3. The van der Waals surface area contributed by atoms with Crippen LogP contribution in [0.25, 0.3) is 0 Å². The van der Waals surface area contributed by atoms with Gasteiger partial charge in [-0.1, -0.05) is 12.1 Å². The highest BCUT2D eigenvalue weighted by Gasteiger charge is 2.06. The maximum absolute atomic E-state index is 5.88. The summed E-state index contributed by atoms with van der Waals surface area (Å²) in [6.07, 6.45) is 0. The molecule has 0 aliphatic rings. The number of aryl methyl sites for hydroxylation is 1. The Bertz CT molecular complexity index is 585. The van der Waals surface area contributed by atoms with Gasteiger partial charge in [-0.15, -0.1) is 0 Å². The fraction of sp³-hybridized carbons (Fsp3) is 0.308. The summed E-state index contributed by atoms with van der Waals surface area (Å²) in [4.78, 5) is 12.3. The molecule has 0 saturated heterocycles. The molecule has 6 heteroatoms. The van der Waals surface area contributed by atoms with Gasteiger partial charge in [-0.25, -0.2) is 0 Å². The Morgan fingerprint density at radius 1 is 1.11 bits per heavy atom. The average molecular weight is 278 g/mol. The van der Waals surface area contributed by atoms with Gasteiger partial charge in [0.05, 0.1) is 0 Å². The lowest BCUT2D eigenvalue weighted by atomic mass is 10.1. The molecule has 0 aliphatic carbocycles. The number of hydrogen-bond donors (Lipinski definition) is 2. The third-order valence-electron chi connectivity index (χ3n) is 2.79. The lowest BCUT2D eigenvalue weighted by Gasteiger charge is -2.11. The molecule has 19 heavy (non-hydrogen) atoms. The quantitative estimate of drug-likeness (QED) is 0.898.